The van der Waals surface area contributed by atoms with E-state index in [1.54, 1.807) is 23.1 Å². The Morgan fingerprint density at radius 1 is 1.12 bits per heavy atom. The lowest BCUT2D eigenvalue weighted by Crippen LogP contribution is -2.49. The predicted octanol–water partition coefficient (Wildman–Crippen LogP) is 3.56. The molecule has 1 aliphatic rings. The molecule has 168 valence electrons. The summed E-state index contributed by atoms with van der Waals surface area (Å²) in [6, 6.07) is 13.9. The zero-order chi connectivity index (χ0) is 22.8. The number of rotatable bonds is 5. The van der Waals surface area contributed by atoms with E-state index in [4.69, 9.17) is 9.84 Å². The first-order chi connectivity index (χ1) is 16.0. The molecule has 3 aromatic heterocycles. The Labute approximate surface area is 192 Å². The van der Waals surface area contributed by atoms with Crippen LogP contribution >= 0.6 is 0 Å². The number of fused-ring (bicyclic) bond motifs is 1. The number of aryl methyl sites for hydroxylation is 1. The van der Waals surface area contributed by atoms with Crippen LogP contribution < -0.4 is 10.3 Å². The van der Waals surface area contributed by atoms with Gasteiger partial charge in [0.15, 0.2) is 11.6 Å². The molecule has 0 saturated carbocycles. The molecule has 0 radical (unpaired) electrons. The second-order valence-electron chi connectivity index (χ2n) is 8.70. The Hall–Kier alpha value is -3.85. The van der Waals surface area contributed by atoms with Gasteiger partial charge in [-0.2, -0.15) is 19.6 Å². The van der Waals surface area contributed by atoms with Crippen molar-refractivity contribution in [1.82, 2.24) is 24.6 Å². The Kier molecular flexibility index (Phi) is 5.47. The largest absolute Gasteiger partial charge is 0.372 e. The molecule has 5 rings (SSSR count). The highest BCUT2D eigenvalue weighted by Crippen LogP contribution is 2.26. The van der Waals surface area contributed by atoms with Crippen molar-refractivity contribution in [2.45, 2.75) is 26.4 Å². The van der Waals surface area contributed by atoms with Crippen LogP contribution in [0.25, 0.3) is 17.2 Å². The van der Waals surface area contributed by atoms with Crippen molar-refractivity contribution in [3.05, 3.63) is 66.0 Å². The molecule has 9 nitrogen and oxygen atoms in total. The van der Waals surface area contributed by atoms with Crippen molar-refractivity contribution in [2.75, 3.05) is 30.0 Å². The minimum absolute atomic E-state index is 0.265. The van der Waals surface area contributed by atoms with Gasteiger partial charge in [0.25, 0.3) is 5.78 Å². The Morgan fingerprint density at radius 2 is 1.97 bits per heavy atom. The van der Waals surface area contributed by atoms with Gasteiger partial charge in [-0.25, -0.2) is 0 Å². The zero-order valence-corrected chi connectivity index (χ0v) is 18.9. The van der Waals surface area contributed by atoms with Crippen molar-refractivity contribution in [1.29, 1.82) is 0 Å². The number of hydrogen-bond donors (Lipinski definition) is 1. The van der Waals surface area contributed by atoms with Gasteiger partial charge in [0.05, 0.1) is 18.4 Å². The number of pyridine rings is 1. The molecular formula is C24H26N8O. The van der Waals surface area contributed by atoms with E-state index < -0.39 is 0 Å². The molecule has 0 amide bonds. The standard InChI is InChI=1S/C24H26N8O/c1-17-5-4-6-18(13-17)15-26-29-20-14-21(31-11-12-33-24(2,3)16-31)32-23(27-20)28-22(30-32)19-7-9-25-10-8-19/h4-10,13-15H,11-12,16H2,1-3H3,(H,27,28,29,30). The maximum atomic E-state index is 5.91. The minimum atomic E-state index is -0.265. The average molecular weight is 443 g/mol. The SMILES string of the molecule is Cc1cccc(C=NNc2cc(N3CCOC(C)(C)C3)n3nc(-c4ccncc4)nc3n2)c1. The van der Waals surface area contributed by atoms with Gasteiger partial charge in [-0.1, -0.05) is 29.8 Å². The topological polar surface area (TPSA) is 92.8 Å². The number of nitrogens with one attached hydrogen (secondary N) is 1. The Bertz CT molecular complexity index is 1300. The van der Waals surface area contributed by atoms with Gasteiger partial charge in [-0.15, -0.1) is 5.10 Å². The normalized spacial score (nSPS) is 15.9. The molecule has 4 heterocycles. The van der Waals surface area contributed by atoms with E-state index in [1.807, 2.05) is 30.3 Å². The van der Waals surface area contributed by atoms with Crippen LogP contribution in [0.15, 0.2) is 60.0 Å². The fourth-order valence-electron chi connectivity index (χ4n) is 3.89. The monoisotopic (exact) mass is 442 g/mol. The van der Waals surface area contributed by atoms with Crippen molar-refractivity contribution >= 4 is 23.6 Å². The second-order valence-corrected chi connectivity index (χ2v) is 8.70. The summed E-state index contributed by atoms with van der Waals surface area (Å²) < 4.78 is 7.69. The molecule has 0 spiro atoms. The van der Waals surface area contributed by atoms with Gasteiger partial charge in [0, 0.05) is 37.1 Å². The highest BCUT2D eigenvalue weighted by atomic mass is 16.5. The summed E-state index contributed by atoms with van der Waals surface area (Å²) in [5.41, 5.74) is 5.88. The molecule has 1 aliphatic heterocycles. The highest BCUT2D eigenvalue weighted by Gasteiger charge is 2.29. The van der Waals surface area contributed by atoms with Crippen molar-refractivity contribution in [2.24, 2.45) is 5.10 Å². The summed E-state index contributed by atoms with van der Waals surface area (Å²) in [7, 11) is 0. The molecule has 0 bridgehead atoms. The van der Waals surface area contributed by atoms with Crippen LogP contribution in [0.1, 0.15) is 25.0 Å². The van der Waals surface area contributed by atoms with Gasteiger partial charge in [-0.3, -0.25) is 10.4 Å². The summed E-state index contributed by atoms with van der Waals surface area (Å²) in [5, 5.41) is 9.14. The van der Waals surface area contributed by atoms with E-state index >= 15 is 0 Å². The summed E-state index contributed by atoms with van der Waals surface area (Å²) in [6.07, 6.45) is 5.24. The third kappa shape index (κ3) is 4.68. The second kappa shape index (κ2) is 8.59. The van der Waals surface area contributed by atoms with Gasteiger partial charge < -0.3 is 9.64 Å². The lowest BCUT2D eigenvalue weighted by molar-refractivity contribution is -0.0280. The first kappa shape index (κ1) is 21.0. The van der Waals surface area contributed by atoms with E-state index in [-0.39, 0.29) is 5.60 Å². The van der Waals surface area contributed by atoms with Crippen LogP contribution in [-0.4, -0.2) is 56.1 Å². The van der Waals surface area contributed by atoms with Gasteiger partial charge >= 0.3 is 0 Å². The van der Waals surface area contributed by atoms with E-state index in [0.717, 1.165) is 30.0 Å². The minimum Gasteiger partial charge on any atom is -0.372 e. The Balaban J connectivity index is 1.52. The maximum Gasteiger partial charge on any atom is 0.256 e. The number of morpholine rings is 1. The Morgan fingerprint density at radius 3 is 2.76 bits per heavy atom. The summed E-state index contributed by atoms with van der Waals surface area (Å²) in [5.74, 6) is 2.58. The summed E-state index contributed by atoms with van der Waals surface area (Å²) in [6.45, 7) is 8.35. The molecule has 0 atom stereocenters. The van der Waals surface area contributed by atoms with Gasteiger partial charge in [0.2, 0.25) is 0 Å². The quantitative estimate of drug-likeness (QED) is 0.373. The van der Waals surface area contributed by atoms with E-state index in [2.05, 4.69) is 63.3 Å². The summed E-state index contributed by atoms with van der Waals surface area (Å²) >= 11 is 0. The van der Waals surface area contributed by atoms with E-state index in [0.29, 0.717) is 24.0 Å². The predicted molar refractivity (Wildman–Crippen MR) is 129 cm³/mol. The first-order valence-electron chi connectivity index (χ1n) is 10.9. The van der Waals surface area contributed by atoms with Crippen LogP contribution in [0, 0.1) is 6.92 Å². The highest BCUT2D eigenvalue weighted by molar-refractivity contribution is 5.80. The fraction of sp³-hybridized carbons (Fsp3) is 0.292. The average Bonchev–Trinajstić information content (AvgIpc) is 3.23. The third-order valence-corrected chi connectivity index (χ3v) is 5.42. The van der Waals surface area contributed by atoms with Crippen LogP contribution in [-0.2, 0) is 4.74 Å². The van der Waals surface area contributed by atoms with Crippen LogP contribution in [0.3, 0.4) is 0 Å². The van der Waals surface area contributed by atoms with Crippen molar-refractivity contribution in [3.63, 3.8) is 0 Å². The van der Waals surface area contributed by atoms with Crippen LogP contribution in [0.2, 0.25) is 0 Å². The number of aromatic nitrogens is 5. The molecular weight excluding hydrogens is 416 g/mol. The first-order valence-corrected chi connectivity index (χ1v) is 10.9. The van der Waals surface area contributed by atoms with Gasteiger partial charge in [0.1, 0.15) is 5.82 Å². The van der Waals surface area contributed by atoms with Crippen LogP contribution in [0.4, 0.5) is 11.6 Å². The molecule has 9 heteroatoms. The molecule has 1 aromatic carbocycles. The van der Waals surface area contributed by atoms with Crippen molar-refractivity contribution in [3.8, 4) is 11.4 Å². The molecule has 1 saturated heterocycles. The fourth-order valence-corrected chi connectivity index (χ4v) is 3.89. The van der Waals surface area contributed by atoms with Gasteiger partial charge in [-0.05, 0) is 38.5 Å². The maximum absolute atomic E-state index is 5.91. The van der Waals surface area contributed by atoms with Crippen molar-refractivity contribution < 1.29 is 4.74 Å². The van der Waals surface area contributed by atoms with E-state index in [9.17, 15) is 0 Å². The number of nitrogens with zero attached hydrogens (tertiary/aromatic N) is 7. The number of benzene rings is 1. The smallest absolute Gasteiger partial charge is 0.256 e. The summed E-state index contributed by atoms with van der Waals surface area (Å²) in [4.78, 5) is 15.7. The van der Waals surface area contributed by atoms with E-state index in [1.165, 1.54) is 5.56 Å². The number of hydrazone groups is 1. The number of ether oxygens (including phenoxy) is 1. The molecule has 33 heavy (non-hydrogen) atoms. The number of hydrogen-bond acceptors (Lipinski definition) is 8. The molecule has 1 fully saturated rings. The molecule has 0 aliphatic carbocycles. The zero-order valence-electron chi connectivity index (χ0n) is 18.9. The lowest BCUT2D eigenvalue weighted by atomic mass is 10.1. The van der Waals surface area contributed by atoms with Crippen LogP contribution in [0.5, 0.6) is 0 Å². The molecule has 1 N–H and O–H groups in total. The third-order valence-electron chi connectivity index (χ3n) is 5.42. The molecule has 4 aromatic rings. The molecule has 0 unspecified atom stereocenters. The number of anilines is 2. The lowest BCUT2D eigenvalue weighted by Gasteiger charge is -2.39.